The van der Waals surface area contributed by atoms with E-state index in [0.717, 1.165) is 0 Å². The van der Waals surface area contributed by atoms with Crippen molar-refractivity contribution < 1.29 is 19.1 Å². The van der Waals surface area contributed by atoms with Crippen molar-refractivity contribution >= 4 is 23.7 Å². The number of alkyl halides is 1. The van der Waals surface area contributed by atoms with E-state index in [-0.39, 0.29) is 5.88 Å². The molecule has 6 heteroatoms. The number of halogens is 1. The molecular weight excluding hydrogens is 282 g/mol. The first kappa shape index (κ1) is 18.8. The molecule has 0 aliphatic rings. The van der Waals surface area contributed by atoms with Gasteiger partial charge in [0.05, 0.1) is 0 Å². The summed E-state index contributed by atoms with van der Waals surface area (Å²) in [6.07, 6.45) is 2.35. The third-order valence-corrected chi connectivity index (χ3v) is 1.93. The number of allylic oxidation sites excluding steroid dienone is 1. The molecule has 1 N–H and O–H groups in total. The molecule has 0 aromatic carbocycles. The zero-order valence-corrected chi connectivity index (χ0v) is 13.7. The fourth-order valence-electron chi connectivity index (χ4n) is 1.17. The fraction of sp³-hybridized carbons (Fsp3) is 0.714. The van der Waals surface area contributed by atoms with E-state index >= 15 is 0 Å². The molecule has 0 fully saturated rings. The maximum absolute atomic E-state index is 12.0. The van der Waals surface area contributed by atoms with Gasteiger partial charge in [-0.25, -0.2) is 9.59 Å². The maximum atomic E-state index is 12.0. The maximum Gasteiger partial charge on any atom is 0.408 e. The van der Waals surface area contributed by atoms with Crippen LogP contribution in [0.5, 0.6) is 0 Å². The predicted molar refractivity (Wildman–Crippen MR) is 78.9 cm³/mol. The van der Waals surface area contributed by atoms with Gasteiger partial charge >= 0.3 is 12.1 Å². The summed E-state index contributed by atoms with van der Waals surface area (Å²) in [6.45, 7) is 10.5. The van der Waals surface area contributed by atoms with E-state index in [1.54, 1.807) is 47.6 Å². The molecule has 0 bridgehead atoms. The van der Waals surface area contributed by atoms with E-state index in [0.29, 0.717) is 0 Å². The van der Waals surface area contributed by atoms with Gasteiger partial charge in [0, 0.05) is 5.88 Å². The van der Waals surface area contributed by atoms with Gasteiger partial charge in [0.1, 0.15) is 17.2 Å². The first-order valence-electron chi connectivity index (χ1n) is 6.39. The van der Waals surface area contributed by atoms with Crippen molar-refractivity contribution in [2.24, 2.45) is 0 Å². The minimum Gasteiger partial charge on any atom is -0.458 e. The van der Waals surface area contributed by atoms with Crippen LogP contribution in [0.2, 0.25) is 0 Å². The van der Waals surface area contributed by atoms with Crippen LogP contribution in [0.15, 0.2) is 12.2 Å². The molecule has 5 nitrogen and oxygen atoms in total. The van der Waals surface area contributed by atoms with Crippen LogP contribution < -0.4 is 5.32 Å². The quantitative estimate of drug-likeness (QED) is 0.492. The fourth-order valence-corrected chi connectivity index (χ4v) is 1.28. The highest BCUT2D eigenvalue weighted by Gasteiger charge is 2.26. The highest BCUT2D eigenvalue weighted by Crippen LogP contribution is 2.10. The van der Waals surface area contributed by atoms with Crippen molar-refractivity contribution in [3.8, 4) is 0 Å². The lowest BCUT2D eigenvalue weighted by atomic mass is 10.2. The van der Waals surface area contributed by atoms with Crippen LogP contribution in [0.1, 0.15) is 41.5 Å². The summed E-state index contributed by atoms with van der Waals surface area (Å²) in [7, 11) is 0. The summed E-state index contributed by atoms with van der Waals surface area (Å²) in [5.41, 5.74) is -1.28. The average molecular weight is 306 g/mol. The summed E-state index contributed by atoms with van der Waals surface area (Å²) in [5, 5.41) is 2.45. The van der Waals surface area contributed by atoms with Crippen molar-refractivity contribution in [1.29, 1.82) is 0 Å². The van der Waals surface area contributed by atoms with E-state index in [9.17, 15) is 9.59 Å². The number of alkyl carbamates (subject to hydrolysis) is 1. The van der Waals surface area contributed by atoms with Gasteiger partial charge in [0.25, 0.3) is 0 Å². The van der Waals surface area contributed by atoms with Gasteiger partial charge in [0.2, 0.25) is 0 Å². The van der Waals surface area contributed by atoms with E-state index in [4.69, 9.17) is 21.1 Å². The molecule has 0 aliphatic carbocycles. The Morgan fingerprint density at radius 2 is 1.60 bits per heavy atom. The molecule has 1 unspecified atom stereocenters. The molecule has 0 spiro atoms. The number of esters is 1. The second kappa shape index (κ2) is 7.53. The summed E-state index contributed by atoms with van der Waals surface area (Å²) in [6, 6.07) is -0.928. The monoisotopic (exact) mass is 305 g/mol. The molecule has 0 aromatic rings. The van der Waals surface area contributed by atoms with Gasteiger partial charge in [-0.3, -0.25) is 0 Å². The third-order valence-electron chi connectivity index (χ3n) is 1.75. The normalized spacial score (nSPS) is 13.9. The lowest BCUT2D eigenvalue weighted by molar-refractivity contribution is -0.156. The Morgan fingerprint density at radius 1 is 1.10 bits per heavy atom. The molecule has 1 atom stereocenters. The number of ether oxygens (including phenoxy) is 2. The van der Waals surface area contributed by atoms with Gasteiger partial charge in [-0.1, -0.05) is 12.2 Å². The smallest absolute Gasteiger partial charge is 0.408 e. The molecule has 0 rings (SSSR count). The Hall–Kier alpha value is -1.23. The SMILES string of the molecule is CC(C)(C)OC(=O)NC(/C=C\CCl)C(=O)OC(C)(C)C. The zero-order valence-electron chi connectivity index (χ0n) is 13.0. The second-order valence-corrected chi connectivity index (χ2v) is 6.55. The first-order valence-corrected chi connectivity index (χ1v) is 6.93. The molecule has 0 aromatic heterocycles. The summed E-state index contributed by atoms with van der Waals surface area (Å²) in [4.78, 5) is 23.7. The second-order valence-electron chi connectivity index (χ2n) is 6.24. The molecule has 1 amide bonds. The van der Waals surface area contributed by atoms with Gasteiger partial charge in [-0.05, 0) is 41.5 Å². The van der Waals surface area contributed by atoms with Crippen molar-refractivity contribution in [2.75, 3.05) is 5.88 Å². The highest BCUT2D eigenvalue weighted by atomic mass is 35.5. The topological polar surface area (TPSA) is 64.6 Å². The minimum absolute atomic E-state index is 0.231. The van der Waals surface area contributed by atoms with E-state index in [2.05, 4.69) is 5.32 Å². The van der Waals surface area contributed by atoms with Crippen LogP contribution in [-0.4, -0.2) is 35.2 Å². The molecule has 0 saturated heterocycles. The van der Waals surface area contributed by atoms with Gasteiger partial charge in [0.15, 0.2) is 0 Å². The predicted octanol–water partition coefficient (Wildman–Crippen LogP) is 3.02. The average Bonchev–Trinajstić information content (AvgIpc) is 2.18. The van der Waals surface area contributed by atoms with Crippen molar-refractivity contribution in [2.45, 2.75) is 58.8 Å². The van der Waals surface area contributed by atoms with Gasteiger partial charge < -0.3 is 14.8 Å². The number of carbonyl (C=O) groups is 2. The Kier molecular flexibility index (Phi) is 7.06. The van der Waals surface area contributed by atoms with Crippen LogP contribution in [0, 0.1) is 0 Å². The van der Waals surface area contributed by atoms with Crippen molar-refractivity contribution in [3.63, 3.8) is 0 Å². The standard InChI is InChI=1S/C14H24ClNO4/c1-13(2,3)19-11(17)10(8-7-9-15)16-12(18)20-14(4,5)6/h7-8,10H,9H2,1-6H3,(H,16,18)/b8-7-. The molecule has 116 valence electrons. The summed E-state index contributed by atoms with van der Waals surface area (Å²) in [5.74, 6) is -0.334. The van der Waals surface area contributed by atoms with E-state index in [1.807, 2.05) is 0 Å². The Morgan fingerprint density at radius 3 is 2.00 bits per heavy atom. The van der Waals surface area contributed by atoms with Crippen molar-refractivity contribution in [1.82, 2.24) is 5.32 Å². The van der Waals surface area contributed by atoms with E-state index < -0.39 is 29.3 Å². The lowest BCUT2D eigenvalue weighted by Crippen LogP contribution is -2.45. The van der Waals surface area contributed by atoms with Crippen LogP contribution in [0.3, 0.4) is 0 Å². The Labute approximate surface area is 125 Å². The van der Waals surface area contributed by atoms with Gasteiger partial charge in [-0.2, -0.15) is 0 Å². The van der Waals surface area contributed by atoms with Crippen LogP contribution in [-0.2, 0) is 14.3 Å². The molecule has 20 heavy (non-hydrogen) atoms. The molecule has 0 saturated carbocycles. The number of carbonyl (C=O) groups excluding carboxylic acids is 2. The first-order chi connectivity index (χ1) is 8.94. The molecule has 0 radical (unpaired) electrons. The number of rotatable bonds is 4. The number of nitrogens with one attached hydrogen (secondary N) is 1. The Bertz CT molecular complexity index is 366. The molecular formula is C14H24ClNO4. The highest BCUT2D eigenvalue weighted by molar-refractivity contribution is 6.18. The number of hydrogen-bond acceptors (Lipinski definition) is 4. The zero-order chi connectivity index (χ0) is 16.0. The van der Waals surface area contributed by atoms with Crippen LogP contribution in [0.4, 0.5) is 4.79 Å². The lowest BCUT2D eigenvalue weighted by Gasteiger charge is -2.25. The number of hydrogen-bond donors (Lipinski definition) is 1. The Balaban J connectivity index is 4.77. The number of amides is 1. The molecule has 0 aliphatic heterocycles. The van der Waals surface area contributed by atoms with Crippen molar-refractivity contribution in [3.05, 3.63) is 12.2 Å². The van der Waals surface area contributed by atoms with Crippen LogP contribution in [0.25, 0.3) is 0 Å². The largest absolute Gasteiger partial charge is 0.458 e. The van der Waals surface area contributed by atoms with Crippen LogP contribution >= 0.6 is 11.6 Å². The molecule has 0 heterocycles. The summed E-state index contributed by atoms with van der Waals surface area (Å²) < 4.78 is 10.3. The van der Waals surface area contributed by atoms with E-state index in [1.165, 1.54) is 6.08 Å². The van der Waals surface area contributed by atoms with Gasteiger partial charge in [-0.15, -0.1) is 11.6 Å². The third kappa shape index (κ3) is 9.67. The minimum atomic E-state index is -0.928. The summed E-state index contributed by atoms with van der Waals surface area (Å²) >= 11 is 5.54.